The number of rotatable bonds is 4. The lowest BCUT2D eigenvalue weighted by molar-refractivity contribution is 0.542. The number of nitrogens with zero attached hydrogens (tertiary/aromatic N) is 2. The third kappa shape index (κ3) is 3.46. The van der Waals surface area contributed by atoms with E-state index in [0.717, 1.165) is 23.4 Å². The van der Waals surface area contributed by atoms with Crippen LogP contribution in [-0.4, -0.2) is 10.2 Å². The fourth-order valence-electron chi connectivity index (χ4n) is 2.92. The van der Waals surface area contributed by atoms with Gasteiger partial charge < -0.3 is 0 Å². The highest BCUT2D eigenvalue weighted by Crippen LogP contribution is 2.25. The zero-order valence-corrected chi connectivity index (χ0v) is 13.5. The van der Waals surface area contributed by atoms with E-state index in [9.17, 15) is 0 Å². The summed E-state index contributed by atoms with van der Waals surface area (Å²) < 4.78 is 0. The molecule has 1 unspecified atom stereocenters. The van der Waals surface area contributed by atoms with E-state index in [1.807, 2.05) is 13.8 Å². The van der Waals surface area contributed by atoms with E-state index in [-0.39, 0.29) is 6.04 Å². The molecule has 0 bridgehead atoms. The van der Waals surface area contributed by atoms with Crippen molar-refractivity contribution < 1.29 is 0 Å². The van der Waals surface area contributed by atoms with E-state index in [1.165, 1.54) is 22.3 Å². The van der Waals surface area contributed by atoms with Crippen molar-refractivity contribution >= 4 is 0 Å². The lowest BCUT2D eigenvalue weighted by Crippen LogP contribution is -2.31. The van der Waals surface area contributed by atoms with Gasteiger partial charge in [0.2, 0.25) is 0 Å². The van der Waals surface area contributed by atoms with Crippen molar-refractivity contribution in [1.82, 2.24) is 15.6 Å². The molecule has 1 aromatic heterocycles. The molecule has 0 aliphatic carbocycles. The number of benzene rings is 1. The van der Waals surface area contributed by atoms with Gasteiger partial charge in [0, 0.05) is 0 Å². The molecule has 3 N–H and O–H groups in total. The summed E-state index contributed by atoms with van der Waals surface area (Å²) in [6.07, 6.45) is 0.848. The number of hydrogen-bond donors (Lipinski definition) is 2. The standard InChI is InChI=1S/C17H24N4/c1-10-6-11(2)15(12(3)7-10)9-17(19-18)16-8-13(4)20-21-14(16)5/h6-8,17,19H,9,18H2,1-5H3. The second-order valence-electron chi connectivity index (χ2n) is 5.83. The molecule has 0 radical (unpaired) electrons. The van der Waals surface area contributed by atoms with Crippen molar-refractivity contribution in [2.24, 2.45) is 5.84 Å². The second kappa shape index (κ2) is 6.33. The largest absolute Gasteiger partial charge is 0.271 e. The number of nitrogens with one attached hydrogen (secondary N) is 1. The number of nitrogens with two attached hydrogens (primary N) is 1. The highest BCUT2D eigenvalue weighted by molar-refractivity contribution is 5.39. The number of aryl methyl sites for hydroxylation is 5. The Bertz CT molecular complexity index is 626. The Balaban J connectivity index is 2.38. The Morgan fingerprint density at radius 2 is 1.62 bits per heavy atom. The van der Waals surface area contributed by atoms with Gasteiger partial charge in [-0.1, -0.05) is 17.7 Å². The lowest BCUT2D eigenvalue weighted by atomic mass is 9.91. The number of hydrazine groups is 1. The average molecular weight is 284 g/mol. The summed E-state index contributed by atoms with van der Waals surface area (Å²) in [5.41, 5.74) is 11.1. The van der Waals surface area contributed by atoms with Crippen LogP contribution in [0, 0.1) is 34.6 Å². The Morgan fingerprint density at radius 1 is 1.00 bits per heavy atom. The molecule has 0 aliphatic heterocycles. The first-order valence-corrected chi connectivity index (χ1v) is 7.26. The van der Waals surface area contributed by atoms with Gasteiger partial charge in [-0.2, -0.15) is 10.2 Å². The summed E-state index contributed by atoms with van der Waals surface area (Å²) in [6, 6.07) is 6.54. The monoisotopic (exact) mass is 284 g/mol. The summed E-state index contributed by atoms with van der Waals surface area (Å²) in [5, 5.41) is 8.29. The van der Waals surface area contributed by atoms with Crippen molar-refractivity contribution in [2.45, 2.75) is 47.1 Å². The third-order valence-corrected chi connectivity index (χ3v) is 3.97. The fraction of sp³-hybridized carbons (Fsp3) is 0.412. The van der Waals surface area contributed by atoms with Gasteiger partial charge in [0.25, 0.3) is 0 Å². The molecule has 2 rings (SSSR count). The first-order chi connectivity index (χ1) is 9.92. The average Bonchev–Trinajstić information content (AvgIpc) is 2.41. The maximum absolute atomic E-state index is 5.80. The Kier molecular flexibility index (Phi) is 4.70. The molecule has 1 aromatic carbocycles. The molecule has 0 fully saturated rings. The quantitative estimate of drug-likeness (QED) is 0.669. The first-order valence-electron chi connectivity index (χ1n) is 7.26. The van der Waals surface area contributed by atoms with E-state index < -0.39 is 0 Å². The predicted octanol–water partition coefficient (Wildman–Crippen LogP) is 2.77. The first kappa shape index (κ1) is 15.6. The van der Waals surface area contributed by atoms with Crippen molar-refractivity contribution in [3.05, 3.63) is 57.4 Å². The molecule has 0 amide bonds. The number of aromatic nitrogens is 2. The van der Waals surface area contributed by atoms with Crippen molar-refractivity contribution in [3.8, 4) is 0 Å². The van der Waals surface area contributed by atoms with Crippen molar-refractivity contribution in [1.29, 1.82) is 0 Å². The molecule has 4 nitrogen and oxygen atoms in total. The summed E-state index contributed by atoms with van der Waals surface area (Å²) in [4.78, 5) is 0. The summed E-state index contributed by atoms with van der Waals surface area (Å²) >= 11 is 0. The SMILES string of the molecule is Cc1cc(C)c(CC(NN)c2cc(C)nnc2C)c(C)c1. The second-order valence-corrected chi connectivity index (χ2v) is 5.83. The molecule has 112 valence electrons. The van der Waals surface area contributed by atoms with Gasteiger partial charge in [-0.3, -0.25) is 11.3 Å². The number of hydrogen-bond acceptors (Lipinski definition) is 4. The Morgan fingerprint density at radius 3 is 2.19 bits per heavy atom. The van der Waals surface area contributed by atoms with Crippen LogP contribution in [0.4, 0.5) is 0 Å². The zero-order chi connectivity index (χ0) is 15.6. The molecule has 21 heavy (non-hydrogen) atoms. The summed E-state index contributed by atoms with van der Waals surface area (Å²) in [5.74, 6) is 5.80. The van der Waals surface area contributed by atoms with E-state index in [1.54, 1.807) is 0 Å². The minimum absolute atomic E-state index is 0.0410. The third-order valence-electron chi connectivity index (χ3n) is 3.97. The topological polar surface area (TPSA) is 63.8 Å². The van der Waals surface area contributed by atoms with Gasteiger partial charge in [0.05, 0.1) is 17.4 Å². The maximum Gasteiger partial charge on any atom is 0.0648 e. The smallest absolute Gasteiger partial charge is 0.0648 e. The van der Waals surface area contributed by atoms with Crippen LogP contribution in [0.1, 0.15) is 45.2 Å². The summed E-state index contributed by atoms with van der Waals surface area (Å²) in [6.45, 7) is 10.4. The van der Waals surface area contributed by atoms with E-state index in [2.05, 4.69) is 54.6 Å². The van der Waals surface area contributed by atoms with Gasteiger partial charge in [-0.05, 0) is 69.4 Å². The molecule has 0 saturated carbocycles. The van der Waals surface area contributed by atoms with E-state index in [0.29, 0.717) is 0 Å². The van der Waals surface area contributed by atoms with Crippen LogP contribution in [0.2, 0.25) is 0 Å². The van der Waals surface area contributed by atoms with Crippen LogP contribution in [0.15, 0.2) is 18.2 Å². The molecular formula is C17H24N4. The minimum Gasteiger partial charge on any atom is -0.271 e. The zero-order valence-electron chi connectivity index (χ0n) is 13.5. The van der Waals surface area contributed by atoms with Crippen molar-refractivity contribution in [2.75, 3.05) is 0 Å². The highest BCUT2D eigenvalue weighted by atomic mass is 15.2. The predicted molar refractivity (Wildman–Crippen MR) is 85.9 cm³/mol. The normalized spacial score (nSPS) is 12.5. The van der Waals surface area contributed by atoms with Crippen molar-refractivity contribution in [3.63, 3.8) is 0 Å². The molecule has 2 aromatic rings. The van der Waals surface area contributed by atoms with Gasteiger partial charge in [-0.15, -0.1) is 0 Å². The van der Waals surface area contributed by atoms with Crippen LogP contribution >= 0.6 is 0 Å². The molecule has 0 saturated heterocycles. The van der Waals surface area contributed by atoms with Crippen LogP contribution in [-0.2, 0) is 6.42 Å². The van der Waals surface area contributed by atoms with Gasteiger partial charge in [0.1, 0.15) is 0 Å². The Labute approximate surface area is 126 Å². The molecule has 1 heterocycles. The van der Waals surface area contributed by atoms with Crippen LogP contribution < -0.4 is 11.3 Å². The molecule has 4 heteroatoms. The minimum atomic E-state index is 0.0410. The Hall–Kier alpha value is -1.78. The molecule has 0 aliphatic rings. The maximum atomic E-state index is 5.80. The molecular weight excluding hydrogens is 260 g/mol. The molecule has 0 spiro atoms. The van der Waals surface area contributed by atoms with Crippen LogP contribution in [0.3, 0.4) is 0 Å². The fourth-order valence-corrected chi connectivity index (χ4v) is 2.92. The van der Waals surface area contributed by atoms with E-state index in [4.69, 9.17) is 5.84 Å². The lowest BCUT2D eigenvalue weighted by Gasteiger charge is -2.21. The highest BCUT2D eigenvalue weighted by Gasteiger charge is 2.17. The van der Waals surface area contributed by atoms with Crippen LogP contribution in [0.5, 0.6) is 0 Å². The van der Waals surface area contributed by atoms with Crippen LogP contribution in [0.25, 0.3) is 0 Å². The van der Waals surface area contributed by atoms with Gasteiger partial charge in [-0.25, -0.2) is 0 Å². The molecule has 1 atom stereocenters. The van der Waals surface area contributed by atoms with Gasteiger partial charge in [0.15, 0.2) is 0 Å². The van der Waals surface area contributed by atoms with E-state index >= 15 is 0 Å². The summed E-state index contributed by atoms with van der Waals surface area (Å²) in [7, 11) is 0. The van der Waals surface area contributed by atoms with Gasteiger partial charge >= 0.3 is 0 Å².